The van der Waals surface area contributed by atoms with Crippen LogP contribution in [-0.4, -0.2) is 12.5 Å². The molecule has 106 valence electrons. The molecule has 0 radical (unpaired) electrons. The number of anilines is 3. The number of nitrogens with one attached hydrogen (secondary N) is 1. The van der Waals surface area contributed by atoms with E-state index in [1.807, 2.05) is 65.6 Å². The minimum atomic E-state index is 0.170. The Morgan fingerprint density at radius 2 is 1.71 bits per heavy atom. The Morgan fingerprint density at radius 3 is 2.33 bits per heavy atom. The van der Waals surface area contributed by atoms with Gasteiger partial charge < -0.3 is 10.2 Å². The summed E-state index contributed by atoms with van der Waals surface area (Å²) in [5.74, 6) is 0.434. The first-order chi connectivity index (χ1) is 10.3. The average molecular weight is 278 g/mol. The Balaban J connectivity index is 1.72. The number of rotatable bonds is 4. The van der Waals surface area contributed by atoms with E-state index in [0.29, 0.717) is 6.42 Å². The fourth-order valence-corrected chi connectivity index (χ4v) is 2.56. The Kier molecular flexibility index (Phi) is 3.73. The number of carbonyl (C=O) groups is 1. The zero-order valence-corrected chi connectivity index (χ0v) is 11.8. The van der Waals surface area contributed by atoms with Crippen molar-refractivity contribution in [3.63, 3.8) is 0 Å². The van der Waals surface area contributed by atoms with E-state index in [1.54, 1.807) is 0 Å². The molecule has 1 unspecified atom stereocenters. The van der Waals surface area contributed by atoms with E-state index in [2.05, 4.69) is 11.9 Å². The largest absolute Gasteiger partial charge is 0.356 e. The van der Waals surface area contributed by atoms with Crippen LogP contribution in [0.2, 0.25) is 0 Å². The third-order valence-electron chi connectivity index (χ3n) is 3.73. The van der Waals surface area contributed by atoms with Crippen LogP contribution in [0.4, 0.5) is 17.1 Å². The summed E-state index contributed by atoms with van der Waals surface area (Å²) in [6, 6.07) is 18.0. The molecule has 21 heavy (non-hydrogen) atoms. The minimum Gasteiger partial charge on any atom is -0.356 e. The topological polar surface area (TPSA) is 32.3 Å². The zero-order chi connectivity index (χ0) is 14.7. The van der Waals surface area contributed by atoms with Gasteiger partial charge in [0.25, 0.3) is 0 Å². The van der Waals surface area contributed by atoms with Gasteiger partial charge in [-0.2, -0.15) is 0 Å². The molecule has 1 N–H and O–H groups in total. The molecule has 3 nitrogen and oxygen atoms in total. The van der Waals surface area contributed by atoms with Gasteiger partial charge in [0.05, 0.1) is 0 Å². The van der Waals surface area contributed by atoms with Crippen molar-refractivity contribution in [2.45, 2.75) is 6.42 Å². The van der Waals surface area contributed by atoms with Crippen LogP contribution in [0.15, 0.2) is 67.3 Å². The molecule has 2 aromatic rings. The molecule has 1 fully saturated rings. The van der Waals surface area contributed by atoms with Crippen LogP contribution in [0, 0.1) is 5.92 Å². The monoisotopic (exact) mass is 278 g/mol. The van der Waals surface area contributed by atoms with Gasteiger partial charge >= 0.3 is 0 Å². The Bertz CT molecular complexity index is 634. The summed E-state index contributed by atoms with van der Waals surface area (Å²) in [5, 5.41) is 3.33. The molecule has 3 heteroatoms. The second-order valence-corrected chi connectivity index (χ2v) is 5.24. The van der Waals surface area contributed by atoms with Crippen molar-refractivity contribution in [1.29, 1.82) is 0 Å². The number of nitrogens with zero attached hydrogens (tertiary/aromatic N) is 1. The van der Waals surface area contributed by atoms with Gasteiger partial charge in [0.15, 0.2) is 0 Å². The van der Waals surface area contributed by atoms with Crippen LogP contribution < -0.4 is 10.2 Å². The second kappa shape index (κ2) is 5.83. The normalized spacial score (nSPS) is 17.8. The number of amides is 1. The molecule has 1 aliphatic rings. The van der Waals surface area contributed by atoms with Gasteiger partial charge in [-0.1, -0.05) is 24.3 Å². The molecule has 0 saturated carbocycles. The van der Waals surface area contributed by atoms with Crippen LogP contribution in [0.1, 0.15) is 6.42 Å². The second-order valence-electron chi connectivity index (χ2n) is 5.24. The molecular weight excluding hydrogens is 260 g/mol. The minimum absolute atomic E-state index is 0.170. The molecule has 1 amide bonds. The van der Waals surface area contributed by atoms with E-state index in [9.17, 15) is 4.79 Å². The summed E-state index contributed by atoms with van der Waals surface area (Å²) in [6.45, 7) is 4.51. The van der Waals surface area contributed by atoms with E-state index in [-0.39, 0.29) is 11.8 Å². The highest BCUT2D eigenvalue weighted by Gasteiger charge is 2.28. The van der Waals surface area contributed by atoms with Crippen LogP contribution in [-0.2, 0) is 4.79 Å². The lowest BCUT2D eigenvalue weighted by molar-refractivity contribution is -0.117. The van der Waals surface area contributed by atoms with Crippen LogP contribution in [0.3, 0.4) is 0 Å². The molecule has 2 aromatic carbocycles. The lowest BCUT2D eigenvalue weighted by Gasteiger charge is -2.17. The van der Waals surface area contributed by atoms with Gasteiger partial charge in [-0.25, -0.2) is 0 Å². The molecule has 1 aliphatic heterocycles. The van der Waals surface area contributed by atoms with Crippen molar-refractivity contribution in [1.82, 2.24) is 0 Å². The first kappa shape index (κ1) is 13.4. The van der Waals surface area contributed by atoms with Crippen LogP contribution in [0.5, 0.6) is 0 Å². The van der Waals surface area contributed by atoms with E-state index < -0.39 is 0 Å². The first-order valence-electron chi connectivity index (χ1n) is 7.11. The predicted molar refractivity (Wildman–Crippen MR) is 86.8 cm³/mol. The zero-order valence-electron chi connectivity index (χ0n) is 11.8. The summed E-state index contributed by atoms with van der Waals surface area (Å²) < 4.78 is 0. The highest BCUT2D eigenvalue weighted by Crippen LogP contribution is 2.27. The summed E-state index contributed by atoms with van der Waals surface area (Å²) in [7, 11) is 0. The molecule has 1 atom stereocenters. The SMILES string of the molecule is C=CC1CC(=O)N(c2ccc(Nc3ccccc3)cc2)C1. The van der Waals surface area contributed by atoms with Gasteiger partial charge in [-0.05, 0) is 36.4 Å². The molecule has 0 spiro atoms. The molecule has 3 rings (SSSR count). The fraction of sp³-hybridized carbons (Fsp3) is 0.167. The van der Waals surface area contributed by atoms with Gasteiger partial charge in [-0.15, -0.1) is 6.58 Å². The predicted octanol–water partition coefficient (Wildman–Crippen LogP) is 3.97. The molecular formula is C18H18N2O. The van der Waals surface area contributed by atoms with Gasteiger partial charge in [-0.3, -0.25) is 4.79 Å². The van der Waals surface area contributed by atoms with Crippen molar-refractivity contribution < 1.29 is 4.79 Å². The first-order valence-corrected chi connectivity index (χ1v) is 7.11. The number of para-hydroxylation sites is 1. The fourth-order valence-electron chi connectivity index (χ4n) is 2.56. The highest BCUT2D eigenvalue weighted by molar-refractivity contribution is 5.96. The maximum absolute atomic E-state index is 12.0. The number of hydrogen-bond donors (Lipinski definition) is 1. The van der Waals surface area contributed by atoms with Crippen molar-refractivity contribution in [3.8, 4) is 0 Å². The average Bonchev–Trinajstić information content (AvgIpc) is 2.90. The number of hydrogen-bond acceptors (Lipinski definition) is 2. The lowest BCUT2D eigenvalue weighted by Crippen LogP contribution is -2.24. The Labute approximate surface area is 124 Å². The van der Waals surface area contributed by atoms with E-state index >= 15 is 0 Å². The van der Waals surface area contributed by atoms with Gasteiger partial charge in [0.2, 0.25) is 5.91 Å². The van der Waals surface area contributed by atoms with Crippen molar-refractivity contribution in [3.05, 3.63) is 67.3 Å². The standard InChI is InChI=1S/C18H18N2O/c1-2-14-12-18(21)20(13-14)17-10-8-16(9-11-17)19-15-6-4-3-5-7-15/h2-11,14,19H,1,12-13H2. The maximum atomic E-state index is 12.0. The summed E-state index contributed by atoms with van der Waals surface area (Å²) in [4.78, 5) is 13.8. The van der Waals surface area contributed by atoms with Crippen molar-refractivity contribution in [2.24, 2.45) is 5.92 Å². The smallest absolute Gasteiger partial charge is 0.227 e. The van der Waals surface area contributed by atoms with Crippen LogP contribution in [0.25, 0.3) is 0 Å². The van der Waals surface area contributed by atoms with E-state index in [4.69, 9.17) is 0 Å². The third-order valence-corrected chi connectivity index (χ3v) is 3.73. The number of carbonyl (C=O) groups excluding carboxylic acids is 1. The Morgan fingerprint density at radius 1 is 1.05 bits per heavy atom. The van der Waals surface area contributed by atoms with E-state index in [1.165, 1.54) is 0 Å². The molecule has 0 aromatic heterocycles. The summed E-state index contributed by atoms with van der Waals surface area (Å²) in [5.41, 5.74) is 3.01. The van der Waals surface area contributed by atoms with Crippen molar-refractivity contribution in [2.75, 3.05) is 16.8 Å². The summed E-state index contributed by atoms with van der Waals surface area (Å²) in [6.07, 6.45) is 2.43. The Hall–Kier alpha value is -2.55. The van der Waals surface area contributed by atoms with Gasteiger partial charge in [0.1, 0.15) is 0 Å². The summed E-state index contributed by atoms with van der Waals surface area (Å²) >= 11 is 0. The molecule has 1 saturated heterocycles. The lowest BCUT2D eigenvalue weighted by atomic mass is 10.1. The van der Waals surface area contributed by atoms with Gasteiger partial charge in [0, 0.05) is 35.9 Å². The quantitative estimate of drug-likeness (QED) is 0.858. The highest BCUT2D eigenvalue weighted by atomic mass is 16.2. The maximum Gasteiger partial charge on any atom is 0.227 e. The van der Waals surface area contributed by atoms with Crippen LogP contribution >= 0.6 is 0 Å². The third kappa shape index (κ3) is 2.97. The number of benzene rings is 2. The molecule has 0 aliphatic carbocycles. The van der Waals surface area contributed by atoms with E-state index in [0.717, 1.165) is 23.6 Å². The van der Waals surface area contributed by atoms with Crippen molar-refractivity contribution >= 4 is 23.0 Å². The molecule has 1 heterocycles. The molecule has 0 bridgehead atoms.